The Morgan fingerprint density at radius 2 is 2.00 bits per heavy atom. The first kappa shape index (κ1) is 17.2. The fourth-order valence-electron chi connectivity index (χ4n) is 3.21. The molecule has 0 amide bonds. The van der Waals surface area contributed by atoms with E-state index in [-0.39, 0.29) is 12.4 Å². The van der Waals surface area contributed by atoms with Gasteiger partial charge in [-0.15, -0.1) is 12.4 Å². The van der Waals surface area contributed by atoms with Crippen molar-refractivity contribution in [3.8, 4) is 0 Å². The third-order valence-corrected chi connectivity index (χ3v) is 6.94. The van der Waals surface area contributed by atoms with E-state index < -0.39 is 10.0 Å². The number of nitrogens with zero attached hydrogens (tertiary/aromatic N) is 1. The fourth-order valence-corrected chi connectivity index (χ4v) is 5.49. The van der Waals surface area contributed by atoms with Gasteiger partial charge in [-0.1, -0.05) is 22.0 Å². The molecule has 2 aliphatic heterocycles. The lowest BCUT2D eigenvalue weighted by Crippen LogP contribution is -2.43. The van der Waals surface area contributed by atoms with Gasteiger partial charge in [0.15, 0.2) is 0 Å². The lowest BCUT2D eigenvalue weighted by atomic mass is 9.90. The van der Waals surface area contributed by atoms with Crippen LogP contribution in [0.25, 0.3) is 0 Å². The van der Waals surface area contributed by atoms with Crippen molar-refractivity contribution in [3.63, 3.8) is 0 Å². The average Bonchev–Trinajstić information content (AvgIpc) is 2.88. The summed E-state index contributed by atoms with van der Waals surface area (Å²) in [5, 5.41) is 3.37. The highest BCUT2D eigenvalue weighted by molar-refractivity contribution is 9.10. The first-order valence-corrected chi connectivity index (χ1v) is 9.19. The molecule has 1 N–H and O–H groups in total. The number of fused-ring (bicyclic) bond motifs is 1. The standard InChI is InChI=1S/C14H19BrN2O2S.ClH/c1-10-2-3-13(15)6-14(10)20(18,19)17-5-4-11-7-16-8-12(11)9-17;/h2-3,6,11-12,16H,4-5,7-9H2,1H3;1H. The van der Waals surface area contributed by atoms with Crippen LogP contribution in [0, 0.1) is 18.8 Å². The van der Waals surface area contributed by atoms with Crippen LogP contribution in [0.4, 0.5) is 0 Å². The van der Waals surface area contributed by atoms with E-state index in [1.807, 2.05) is 19.1 Å². The SMILES string of the molecule is Cc1ccc(Br)cc1S(=O)(=O)N1CCC2CNCC2C1.Cl. The molecule has 0 aromatic heterocycles. The summed E-state index contributed by atoms with van der Waals surface area (Å²) in [5.74, 6) is 1.11. The van der Waals surface area contributed by atoms with Gasteiger partial charge in [-0.05, 0) is 56.0 Å². The molecule has 0 bridgehead atoms. The molecular weight excluding hydrogens is 376 g/mol. The summed E-state index contributed by atoms with van der Waals surface area (Å²) in [7, 11) is -3.38. The molecule has 2 atom stereocenters. The number of benzene rings is 1. The summed E-state index contributed by atoms with van der Waals surface area (Å²) in [6, 6.07) is 5.44. The normalized spacial score (nSPS) is 26.2. The van der Waals surface area contributed by atoms with Crippen molar-refractivity contribution in [2.24, 2.45) is 11.8 Å². The molecular formula is C14H20BrClN2O2S. The van der Waals surface area contributed by atoms with Crippen LogP contribution in [0.5, 0.6) is 0 Å². The molecule has 4 nitrogen and oxygen atoms in total. The van der Waals surface area contributed by atoms with E-state index in [0.29, 0.717) is 29.8 Å². The molecule has 0 radical (unpaired) electrons. The topological polar surface area (TPSA) is 49.4 Å². The molecule has 0 saturated carbocycles. The number of aryl methyl sites for hydroxylation is 1. The zero-order chi connectivity index (χ0) is 14.3. The smallest absolute Gasteiger partial charge is 0.243 e. The van der Waals surface area contributed by atoms with E-state index >= 15 is 0 Å². The molecule has 2 fully saturated rings. The lowest BCUT2D eigenvalue weighted by Gasteiger charge is -2.33. The highest BCUT2D eigenvalue weighted by Crippen LogP contribution is 2.31. The Kier molecular flexibility index (Phi) is 5.36. The molecule has 2 aliphatic rings. The average molecular weight is 396 g/mol. The number of hydrogen-bond donors (Lipinski definition) is 1. The predicted molar refractivity (Wildman–Crippen MR) is 89.4 cm³/mol. The summed E-state index contributed by atoms with van der Waals surface area (Å²) >= 11 is 3.36. The van der Waals surface area contributed by atoms with Gasteiger partial charge < -0.3 is 5.32 Å². The number of piperidine rings is 1. The second-order valence-corrected chi connectivity index (χ2v) is 8.56. The van der Waals surface area contributed by atoms with Crippen LogP contribution in [0.2, 0.25) is 0 Å². The van der Waals surface area contributed by atoms with Gasteiger partial charge >= 0.3 is 0 Å². The number of rotatable bonds is 2. The van der Waals surface area contributed by atoms with Gasteiger partial charge in [-0.3, -0.25) is 0 Å². The first-order valence-electron chi connectivity index (χ1n) is 6.95. The summed E-state index contributed by atoms with van der Waals surface area (Å²) in [6.45, 7) is 5.11. The Morgan fingerprint density at radius 1 is 1.29 bits per heavy atom. The third-order valence-electron chi connectivity index (χ3n) is 4.44. The summed E-state index contributed by atoms with van der Waals surface area (Å²) in [5.41, 5.74) is 0.805. The van der Waals surface area contributed by atoms with E-state index in [1.54, 1.807) is 10.4 Å². The minimum atomic E-state index is -3.38. The molecule has 2 unspecified atom stereocenters. The molecule has 118 valence electrons. The minimum Gasteiger partial charge on any atom is -0.316 e. The van der Waals surface area contributed by atoms with E-state index in [0.717, 1.165) is 29.5 Å². The Hall–Kier alpha value is -0.140. The molecule has 0 aliphatic carbocycles. The van der Waals surface area contributed by atoms with Gasteiger partial charge in [0.1, 0.15) is 0 Å². The first-order chi connectivity index (χ1) is 9.48. The van der Waals surface area contributed by atoms with Crippen LogP contribution in [-0.2, 0) is 10.0 Å². The molecule has 3 rings (SSSR count). The molecule has 1 aromatic carbocycles. The fraction of sp³-hybridized carbons (Fsp3) is 0.571. The van der Waals surface area contributed by atoms with Crippen LogP contribution in [-0.4, -0.2) is 38.9 Å². The zero-order valence-corrected chi connectivity index (χ0v) is 15.1. The summed E-state index contributed by atoms with van der Waals surface area (Å²) in [4.78, 5) is 0.427. The van der Waals surface area contributed by atoms with Gasteiger partial charge in [-0.25, -0.2) is 8.42 Å². The largest absolute Gasteiger partial charge is 0.316 e. The van der Waals surface area contributed by atoms with Crippen LogP contribution in [0.15, 0.2) is 27.6 Å². The maximum absolute atomic E-state index is 12.8. The highest BCUT2D eigenvalue weighted by atomic mass is 79.9. The monoisotopic (exact) mass is 394 g/mol. The summed E-state index contributed by atoms with van der Waals surface area (Å²) in [6.07, 6.45) is 0.962. The van der Waals surface area contributed by atoms with Gasteiger partial charge in [0, 0.05) is 17.6 Å². The number of hydrogen-bond acceptors (Lipinski definition) is 3. The second-order valence-electron chi connectivity index (χ2n) is 5.74. The Balaban J connectivity index is 0.00000161. The number of halogens is 2. The quantitative estimate of drug-likeness (QED) is 0.836. The van der Waals surface area contributed by atoms with Crippen LogP contribution in [0.1, 0.15) is 12.0 Å². The molecule has 2 saturated heterocycles. The van der Waals surface area contributed by atoms with E-state index in [4.69, 9.17) is 0 Å². The van der Waals surface area contributed by atoms with E-state index in [9.17, 15) is 8.42 Å². The molecule has 21 heavy (non-hydrogen) atoms. The van der Waals surface area contributed by atoms with Crippen molar-refractivity contribution in [3.05, 3.63) is 28.2 Å². The van der Waals surface area contributed by atoms with Crippen LogP contribution < -0.4 is 5.32 Å². The molecule has 2 heterocycles. The predicted octanol–water partition coefficient (Wildman–Crippen LogP) is 2.41. The molecule has 1 aromatic rings. The highest BCUT2D eigenvalue weighted by Gasteiger charge is 2.38. The van der Waals surface area contributed by atoms with Crippen molar-refractivity contribution >= 4 is 38.4 Å². The number of sulfonamides is 1. The lowest BCUT2D eigenvalue weighted by molar-refractivity contribution is 0.228. The molecule has 0 spiro atoms. The van der Waals surface area contributed by atoms with Crippen molar-refractivity contribution in [1.82, 2.24) is 9.62 Å². The second kappa shape index (κ2) is 6.54. The van der Waals surface area contributed by atoms with Crippen LogP contribution >= 0.6 is 28.3 Å². The molecule has 7 heteroatoms. The van der Waals surface area contributed by atoms with Crippen LogP contribution in [0.3, 0.4) is 0 Å². The Labute approximate surface area is 140 Å². The van der Waals surface area contributed by atoms with Gasteiger partial charge in [0.2, 0.25) is 10.0 Å². The van der Waals surface area contributed by atoms with Gasteiger partial charge in [0.05, 0.1) is 4.90 Å². The third kappa shape index (κ3) is 3.29. The van der Waals surface area contributed by atoms with Crippen molar-refractivity contribution in [2.45, 2.75) is 18.2 Å². The maximum atomic E-state index is 12.8. The summed E-state index contributed by atoms with van der Waals surface area (Å²) < 4.78 is 28.1. The Morgan fingerprint density at radius 3 is 2.76 bits per heavy atom. The minimum absolute atomic E-state index is 0. The zero-order valence-electron chi connectivity index (χ0n) is 11.9. The van der Waals surface area contributed by atoms with Crippen molar-refractivity contribution in [1.29, 1.82) is 0 Å². The van der Waals surface area contributed by atoms with E-state index in [2.05, 4.69) is 21.2 Å². The number of nitrogens with one attached hydrogen (secondary N) is 1. The van der Waals surface area contributed by atoms with Gasteiger partial charge in [0.25, 0.3) is 0 Å². The van der Waals surface area contributed by atoms with Crippen molar-refractivity contribution in [2.75, 3.05) is 26.2 Å². The van der Waals surface area contributed by atoms with E-state index in [1.165, 1.54) is 0 Å². The maximum Gasteiger partial charge on any atom is 0.243 e. The Bertz CT molecular complexity index is 623. The van der Waals surface area contributed by atoms with Crippen molar-refractivity contribution < 1.29 is 8.42 Å². The van der Waals surface area contributed by atoms with Gasteiger partial charge in [-0.2, -0.15) is 4.31 Å².